The van der Waals surface area contributed by atoms with Crippen LogP contribution in [-0.2, 0) is 0 Å². The van der Waals surface area contributed by atoms with Gasteiger partial charge in [-0.2, -0.15) is 4.91 Å². The van der Waals surface area contributed by atoms with Crippen molar-refractivity contribution in [1.82, 2.24) is 14.6 Å². The zero-order chi connectivity index (χ0) is 15.8. The van der Waals surface area contributed by atoms with Crippen molar-refractivity contribution < 1.29 is 0 Å². The lowest BCUT2D eigenvalue weighted by atomic mass is 9.85. The number of piperidine rings is 1. The summed E-state index contributed by atoms with van der Waals surface area (Å²) in [6.07, 6.45) is 6.38. The summed E-state index contributed by atoms with van der Waals surface area (Å²) in [5, 5.41) is 5.32. The van der Waals surface area contributed by atoms with Crippen molar-refractivity contribution in [3.05, 3.63) is 47.3 Å². The molecule has 6 nitrogen and oxygen atoms in total. The van der Waals surface area contributed by atoms with Gasteiger partial charge in [-0.1, -0.05) is 29.4 Å². The summed E-state index contributed by atoms with van der Waals surface area (Å²) in [6, 6.07) is 8.36. The maximum absolute atomic E-state index is 11.5. The SMILES string of the molecule is NN1CCC(C(CC2c3ccccc3-c3cncn32)N=O)CC1. The molecule has 0 radical (unpaired) electrons. The second-order valence-electron chi connectivity index (χ2n) is 6.57. The van der Waals surface area contributed by atoms with Crippen molar-refractivity contribution in [2.75, 3.05) is 13.1 Å². The van der Waals surface area contributed by atoms with Gasteiger partial charge in [0.2, 0.25) is 0 Å². The van der Waals surface area contributed by atoms with Crippen molar-refractivity contribution >= 4 is 0 Å². The molecule has 2 atom stereocenters. The molecule has 0 amide bonds. The third-order valence-electron chi connectivity index (χ3n) is 5.32. The topological polar surface area (TPSA) is 76.5 Å². The number of hydrogen-bond donors (Lipinski definition) is 1. The van der Waals surface area contributed by atoms with Gasteiger partial charge >= 0.3 is 0 Å². The number of imidazole rings is 1. The van der Waals surface area contributed by atoms with E-state index in [9.17, 15) is 4.91 Å². The van der Waals surface area contributed by atoms with Crippen molar-refractivity contribution in [3.8, 4) is 11.3 Å². The number of nitroso groups, excluding NO2 is 1. The molecule has 120 valence electrons. The van der Waals surface area contributed by atoms with Gasteiger partial charge in [-0.15, -0.1) is 0 Å². The van der Waals surface area contributed by atoms with Gasteiger partial charge in [0.05, 0.1) is 30.3 Å². The van der Waals surface area contributed by atoms with Gasteiger partial charge in [0.1, 0.15) is 0 Å². The predicted molar refractivity (Wildman–Crippen MR) is 88.5 cm³/mol. The Labute approximate surface area is 135 Å². The number of fused-ring (bicyclic) bond motifs is 3. The van der Waals surface area contributed by atoms with Crippen LogP contribution in [0.1, 0.15) is 30.9 Å². The predicted octanol–water partition coefficient (Wildman–Crippen LogP) is 2.56. The monoisotopic (exact) mass is 311 g/mol. The van der Waals surface area contributed by atoms with Gasteiger partial charge in [-0.05, 0) is 30.7 Å². The largest absolute Gasteiger partial charge is 0.323 e. The first-order valence-electron chi connectivity index (χ1n) is 8.21. The molecule has 2 N–H and O–H groups in total. The molecule has 0 saturated carbocycles. The molecule has 1 fully saturated rings. The summed E-state index contributed by atoms with van der Waals surface area (Å²) in [7, 11) is 0. The molecule has 2 unspecified atom stereocenters. The van der Waals surface area contributed by atoms with E-state index >= 15 is 0 Å². The van der Waals surface area contributed by atoms with Gasteiger partial charge in [-0.25, -0.2) is 9.99 Å². The Balaban J connectivity index is 1.59. The van der Waals surface area contributed by atoms with E-state index in [1.165, 1.54) is 11.1 Å². The van der Waals surface area contributed by atoms with Crippen LogP contribution in [0.25, 0.3) is 11.3 Å². The fourth-order valence-corrected chi connectivity index (χ4v) is 4.03. The summed E-state index contributed by atoms with van der Waals surface area (Å²) < 4.78 is 2.18. The molecule has 0 bridgehead atoms. The summed E-state index contributed by atoms with van der Waals surface area (Å²) in [5.41, 5.74) is 3.62. The van der Waals surface area contributed by atoms with E-state index in [4.69, 9.17) is 5.84 Å². The number of rotatable bonds is 4. The van der Waals surface area contributed by atoms with Crippen LogP contribution in [0, 0.1) is 10.8 Å². The second kappa shape index (κ2) is 5.86. The maximum Gasteiger partial charge on any atom is 0.0971 e. The molecule has 1 aromatic heterocycles. The van der Waals surface area contributed by atoms with Crippen LogP contribution in [0.5, 0.6) is 0 Å². The van der Waals surface area contributed by atoms with Crippen LogP contribution < -0.4 is 5.84 Å². The molecular weight excluding hydrogens is 290 g/mol. The summed E-state index contributed by atoms with van der Waals surface area (Å²) in [5.74, 6) is 6.15. The Morgan fingerprint density at radius 1 is 1.30 bits per heavy atom. The zero-order valence-electron chi connectivity index (χ0n) is 13.0. The summed E-state index contributed by atoms with van der Waals surface area (Å²) in [6.45, 7) is 1.68. The Hall–Kier alpha value is -2.05. The van der Waals surface area contributed by atoms with Gasteiger partial charge in [0, 0.05) is 18.7 Å². The highest BCUT2D eigenvalue weighted by molar-refractivity contribution is 5.68. The molecule has 1 saturated heterocycles. The van der Waals surface area contributed by atoms with Gasteiger partial charge < -0.3 is 4.57 Å². The van der Waals surface area contributed by atoms with Gasteiger partial charge in [0.15, 0.2) is 0 Å². The van der Waals surface area contributed by atoms with Gasteiger partial charge in [-0.3, -0.25) is 5.84 Å². The lowest BCUT2D eigenvalue weighted by molar-refractivity contribution is 0.165. The van der Waals surface area contributed by atoms with Crippen LogP contribution in [0.15, 0.2) is 42.0 Å². The lowest BCUT2D eigenvalue weighted by Crippen LogP contribution is -2.41. The molecule has 23 heavy (non-hydrogen) atoms. The molecule has 1 aromatic carbocycles. The standard InChI is InChI=1S/C17H21N5O/c18-21-7-5-12(6-8-21)15(20-23)9-16-13-3-1-2-4-14(13)17-10-19-11-22(16)17/h1-4,10-12,15-16H,5-9,18H2. The van der Waals surface area contributed by atoms with Crippen LogP contribution in [-0.4, -0.2) is 33.7 Å². The quantitative estimate of drug-likeness (QED) is 0.695. The molecule has 4 rings (SSSR count). The minimum atomic E-state index is -0.171. The first-order chi connectivity index (χ1) is 11.3. The molecule has 6 heteroatoms. The highest BCUT2D eigenvalue weighted by atomic mass is 16.3. The minimum Gasteiger partial charge on any atom is -0.323 e. The van der Waals surface area contributed by atoms with E-state index in [0.29, 0.717) is 5.92 Å². The number of nitrogens with zero attached hydrogens (tertiary/aromatic N) is 4. The third-order valence-corrected chi connectivity index (χ3v) is 5.32. The van der Waals surface area contributed by atoms with E-state index < -0.39 is 0 Å². The Kier molecular flexibility index (Phi) is 3.71. The average molecular weight is 311 g/mol. The Bertz CT molecular complexity index is 705. The molecule has 0 spiro atoms. The van der Waals surface area contributed by atoms with E-state index in [2.05, 4.69) is 32.9 Å². The fraction of sp³-hybridized carbons (Fsp3) is 0.471. The Morgan fingerprint density at radius 2 is 2.09 bits per heavy atom. The molecule has 0 aliphatic carbocycles. The average Bonchev–Trinajstić information content (AvgIpc) is 3.16. The van der Waals surface area contributed by atoms with Crippen LogP contribution in [0.3, 0.4) is 0 Å². The molecule has 2 aliphatic rings. The number of hydrogen-bond acceptors (Lipinski definition) is 5. The van der Waals surface area contributed by atoms with Crippen LogP contribution in [0.2, 0.25) is 0 Å². The summed E-state index contributed by atoms with van der Waals surface area (Å²) >= 11 is 0. The molecule has 2 aromatic rings. The smallest absolute Gasteiger partial charge is 0.0971 e. The number of benzene rings is 1. The minimum absolute atomic E-state index is 0.155. The van der Waals surface area contributed by atoms with E-state index in [-0.39, 0.29) is 12.1 Å². The van der Waals surface area contributed by atoms with Crippen LogP contribution >= 0.6 is 0 Å². The molecule has 3 heterocycles. The second-order valence-corrected chi connectivity index (χ2v) is 6.57. The highest BCUT2D eigenvalue weighted by Crippen LogP contribution is 2.42. The van der Waals surface area contributed by atoms with E-state index in [1.54, 1.807) is 0 Å². The van der Waals surface area contributed by atoms with E-state index in [1.807, 2.05) is 23.6 Å². The van der Waals surface area contributed by atoms with Gasteiger partial charge in [0.25, 0.3) is 0 Å². The fourth-order valence-electron chi connectivity index (χ4n) is 4.03. The number of aromatic nitrogens is 2. The molecular formula is C17H21N5O. The number of hydrazine groups is 1. The maximum atomic E-state index is 11.5. The molecule has 2 aliphatic heterocycles. The van der Waals surface area contributed by atoms with Crippen LogP contribution in [0.4, 0.5) is 0 Å². The van der Waals surface area contributed by atoms with E-state index in [0.717, 1.165) is 38.0 Å². The lowest BCUT2D eigenvalue weighted by Gasteiger charge is -2.32. The van der Waals surface area contributed by atoms with Crippen molar-refractivity contribution in [1.29, 1.82) is 0 Å². The first kappa shape index (κ1) is 14.5. The normalized spacial score (nSPS) is 22.6. The summed E-state index contributed by atoms with van der Waals surface area (Å²) in [4.78, 5) is 15.8. The van der Waals surface area contributed by atoms with Crippen molar-refractivity contribution in [2.24, 2.45) is 16.9 Å². The number of nitrogens with two attached hydrogens (primary N) is 1. The third kappa shape index (κ3) is 2.48. The first-order valence-corrected chi connectivity index (χ1v) is 8.21. The van der Waals surface area contributed by atoms with Crippen molar-refractivity contribution in [2.45, 2.75) is 31.3 Å². The highest BCUT2D eigenvalue weighted by Gasteiger charge is 2.34. The van der Waals surface area contributed by atoms with Crippen molar-refractivity contribution in [3.63, 3.8) is 0 Å². The Morgan fingerprint density at radius 3 is 2.87 bits per heavy atom. The zero-order valence-corrected chi connectivity index (χ0v) is 13.0.